The smallest absolute Gasteiger partial charge is 0.321 e. The first-order chi connectivity index (χ1) is 12.6. The number of anilines is 1. The molecule has 0 aliphatic rings. The van der Waals surface area contributed by atoms with Crippen molar-refractivity contribution >= 4 is 23.5 Å². The van der Waals surface area contributed by atoms with Crippen LogP contribution < -0.4 is 20.7 Å². The van der Waals surface area contributed by atoms with Crippen LogP contribution in [0.2, 0.25) is 0 Å². The highest BCUT2D eigenvalue weighted by Gasteiger charge is 2.14. The van der Waals surface area contributed by atoms with Gasteiger partial charge in [0, 0.05) is 12.2 Å². The summed E-state index contributed by atoms with van der Waals surface area (Å²) < 4.78 is 5.41. The Morgan fingerprint density at radius 3 is 2.38 bits per heavy atom. The summed E-state index contributed by atoms with van der Waals surface area (Å²) in [5.74, 6) is -0.699. The van der Waals surface area contributed by atoms with Crippen LogP contribution in [-0.2, 0) is 4.79 Å². The molecule has 3 N–H and O–H groups in total. The molecule has 2 rings (SSSR count). The molecule has 0 spiro atoms. The summed E-state index contributed by atoms with van der Waals surface area (Å²) in [7, 11) is 0. The molecule has 0 unspecified atom stereocenters. The molecule has 0 bridgehead atoms. The van der Waals surface area contributed by atoms with Gasteiger partial charge in [0.25, 0.3) is 11.8 Å². The molecule has 7 nitrogen and oxygen atoms in total. The van der Waals surface area contributed by atoms with Crippen molar-refractivity contribution in [2.75, 3.05) is 18.5 Å². The maximum atomic E-state index is 12.4. The molecule has 0 saturated heterocycles. The lowest BCUT2D eigenvalue weighted by molar-refractivity contribution is -0.122. The van der Waals surface area contributed by atoms with E-state index < -0.39 is 11.9 Å². The number of carbonyl (C=O) groups excluding carboxylic acids is 3. The molecule has 0 saturated carbocycles. The summed E-state index contributed by atoms with van der Waals surface area (Å²) >= 11 is 0. The molecule has 0 fully saturated rings. The SMILES string of the molecule is CCCNC(=O)NC(=O)COc1ccccc1C(=O)Nc1ccccc1. The van der Waals surface area contributed by atoms with Crippen molar-refractivity contribution < 1.29 is 19.1 Å². The Balaban J connectivity index is 1.95. The molecule has 4 amide bonds. The van der Waals surface area contributed by atoms with Crippen LogP contribution in [0.5, 0.6) is 5.75 Å². The van der Waals surface area contributed by atoms with Gasteiger partial charge >= 0.3 is 6.03 Å². The number of para-hydroxylation sites is 2. The number of benzene rings is 2. The van der Waals surface area contributed by atoms with Gasteiger partial charge in [0.05, 0.1) is 5.56 Å². The van der Waals surface area contributed by atoms with Gasteiger partial charge < -0.3 is 15.4 Å². The van der Waals surface area contributed by atoms with E-state index in [0.717, 1.165) is 6.42 Å². The van der Waals surface area contributed by atoms with Crippen LogP contribution >= 0.6 is 0 Å². The van der Waals surface area contributed by atoms with Gasteiger partial charge in [0.2, 0.25) is 0 Å². The Morgan fingerprint density at radius 2 is 1.65 bits per heavy atom. The third-order valence-corrected chi connectivity index (χ3v) is 3.31. The van der Waals surface area contributed by atoms with E-state index in [9.17, 15) is 14.4 Å². The number of imide groups is 1. The van der Waals surface area contributed by atoms with Crippen LogP contribution in [0.1, 0.15) is 23.7 Å². The van der Waals surface area contributed by atoms with E-state index in [0.29, 0.717) is 17.8 Å². The zero-order chi connectivity index (χ0) is 18.8. The van der Waals surface area contributed by atoms with Crippen LogP contribution in [0.3, 0.4) is 0 Å². The molecular weight excluding hydrogens is 334 g/mol. The van der Waals surface area contributed by atoms with E-state index in [-0.39, 0.29) is 18.3 Å². The minimum atomic E-state index is -0.600. The lowest BCUT2D eigenvalue weighted by Gasteiger charge is -2.12. The van der Waals surface area contributed by atoms with E-state index in [1.807, 2.05) is 25.1 Å². The van der Waals surface area contributed by atoms with Crippen LogP contribution in [0.4, 0.5) is 10.5 Å². The summed E-state index contributed by atoms with van der Waals surface area (Å²) in [6.07, 6.45) is 0.766. The van der Waals surface area contributed by atoms with E-state index in [2.05, 4.69) is 16.0 Å². The number of amides is 4. The predicted octanol–water partition coefficient (Wildman–Crippen LogP) is 2.55. The lowest BCUT2D eigenvalue weighted by Crippen LogP contribution is -2.41. The molecule has 0 atom stereocenters. The number of ether oxygens (including phenoxy) is 1. The van der Waals surface area contributed by atoms with Crippen LogP contribution in [0.25, 0.3) is 0 Å². The van der Waals surface area contributed by atoms with Gasteiger partial charge in [-0.25, -0.2) is 4.79 Å². The summed E-state index contributed by atoms with van der Waals surface area (Å²) in [6.45, 7) is 2.00. The molecule has 136 valence electrons. The standard InChI is InChI=1S/C19H21N3O4/c1-2-12-20-19(25)22-17(23)13-26-16-11-7-6-10-15(16)18(24)21-14-8-4-3-5-9-14/h3-11H,2,12-13H2,1H3,(H,21,24)(H2,20,22,23,25). The monoisotopic (exact) mass is 355 g/mol. The third-order valence-electron chi connectivity index (χ3n) is 3.31. The first kappa shape index (κ1) is 19.0. The fourth-order valence-electron chi connectivity index (χ4n) is 2.09. The number of hydrogen-bond donors (Lipinski definition) is 3. The molecule has 0 aliphatic heterocycles. The molecular formula is C19H21N3O4. The largest absolute Gasteiger partial charge is 0.483 e. The van der Waals surface area contributed by atoms with Gasteiger partial charge in [-0.05, 0) is 30.7 Å². The van der Waals surface area contributed by atoms with Crippen LogP contribution in [0.15, 0.2) is 54.6 Å². The van der Waals surface area contributed by atoms with Gasteiger partial charge in [-0.2, -0.15) is 0 Å². The predicted molar refractivity (Wildman–Crippen MR) is 98.2 cm³/mol. The second-order valence-electron chi connectivity index (χ2n) is 5.41. The van der Waals surface area contributed by atoms with Gasteiger partial charge in [-0.3, -0.25) is 14.9 Å². The first-order valence-corrected chi connectivity index (χ1v) is 8.26. The highest BCUT2D eigenvalue weighted by molar-refractivity contribution is 6.06. The van der Waals surface area contributed by atoms with Crippen molar-refractivity contribution in [3.8, 4) is 5.75 Å². The molecule has 2 aromatic rings. The molecule has 2 aromatic carbocycles. The molecule has 0 aliphatic carbocycles. The van der Waals surface area contributed by atoms with Crippen LogP contribution in [-0.4, -0.2) is 31.0 Å². The van der Waals surface area contributed by atoms with Crippen molar-refractivity contribution in [2.24, 2.45) is 0 Å². The van der Waals surface area contributed by atoms with Gasteiger partial charge in [-0.15, -0.1) is 0 Å². The topological polar surface area (TPSA) is 96.5 Å². The van der Waals surface area contributed by atoms with Gasteiger partial charge in [-0.1, -0.05) is 37.3 Å². The molecule has 26 heavy (non-hydrogen) atoms. The normalized spacial score (nSPS) is 9.88. The highest BCUT2D eigenvalue weighted by Crippen LogP contribution is 2.19. The quantitative estimate of drug-likeness (QED) is 0.711. The Labute approximate surface area is 151 Å². The Morgan fingerprint density at radius 1 is 0.962 bits per heavy atom. The maximum Gasteiger partial charge on any atom is 0.321 e. The zero-order valence-corrected chi connectivity index (χ0v) is 14.5. The third kappa shape index (κ3) is 5.94. The van der Waals surface area contributed by atoms with E-state index in [1.165, 1.54) is 0 Å². The fraction of sp³-hybridized carbons (Fsp3) is 0.211. The maximum absolute atomic E-state index is 12.4. The highest BCUT2D eigenvalue weighted by atomic mass is 16.5. The van der Waals surface area contributed by atoms with Gasteiger partial charge in [0.15, 0.2) is 6.61 Å². The average Bonchev–Trinajstić information content (AvgIpc) is 2.65. The summed E-state index contributed by atoms with van der Waals surface area (Å²) in [6, 6.07) is 15.0. The lowest BCUT2D eigenvalue weighted by atomic mass is 10.2. The first-order valence-electron chi connectivity index (χ1n) is 8.26. The number of carbonyl (C=O) groups is 3. The number of rotatable bonds is 7. The summed E-state index contributed by atoms with van der Waals surface area (Å²) in [4.78, 5) is 35.6. The Bertz CT molecular complexity index is 762. The summed E-state index contributed by atoms with van der Waals surface area (Å²) in [5.41, 5.74) is 0.942. The number of nitrogens with one attached hydrogen (secondary N) is 3. The van der Waals surface area contributed by atoms with Crippen molar-refractivity contribution in [1.82, 2.24) is 10.6 Å². The molecule has 0 aromatic heterocycles. The minimum absolute atomic E-state index is 0.255. The zero-order valence-electron chi connectivity index (χ0n) is 14.5. The second kappa shape index (κ2) is 9.83. The summed E-state index contributed by atoms with van der Waals surface area (Å²) in [5, 5.41) is 7.44. The molecule has 0 heterocycles. The number of hydrogen-bond acceptors (Lipinski definition) is 4. The van der Waals surface area contributed by atoms with E-state index in [1.54, 1.807) is 36.4 Å². The van der Waals surface area contributed by atoms with Crippen molar-refractivity contribution in [3.05, 3.63) is 60.2 Å². The fourth-order valence-corrected chi connectivity index (χ4v) is 2.09. The average molecular weight is 355 g/mol. The molecule has 0 radical (unpaired) electrons. The van der Waals surface area contributed by atoms with Crippen molar-refractivity contribution in [1.29, 1.82) is 0 Å². The van der Waals surface area contributed by atoms with Crippen LogP contribution in [0, 0.1) is 0 Å². The van der Waals surface area contributed by atoms with E-state index in [4.69, 9.17) is 4.74 Å². The van der Waals surface area contributed by atoms with Gasteiger partial charge in [0.1, 0.15) is 5.75 Å². The van der Waals surface area contributed by atoms with Crippen molar-refractivity contribution in [3.63, 3.8) is 0 Å². The van der Waals surface area contributed by atoms with E-state index >= 15 is 0 Å². The number of urea groups is 1. The Kier molecular flexibility index (Phi) is 7.17. The second-order valence-corrected chi connectivity index (χ2v) is 5.41. The molecule has 7 heteroatoms. The Hall–Kier alpha value is -3.35. The minimum Gasteiger partial charge on any atom is -0.483 e. The van der Waals surface area contributed by atoms with Crippen molar-refractivity contribution in [2.45, 2.75) is 13.3 Å².